The summed E-state index contributed by atoms with van der Waals surface area (Å²) in [5.41, 5.74) is 1.04. The van der Waals surface area contributed by atoms with Crippen LogP contribution in [0.4, 0.5) is 10.8 Å². The van der Waals surface area contributed by atoms with Crippen molar-refractivity contribution in [2.45, 2.75) is 0 Å². The Balaban J connectivity index is 1.54. The van der Waals surface area contributed by atoms with Gasteiger partial charge in [0.1, 0.15) is 0 Å². The molecule has 2 aromatic rings. The summed E-state index contributed by atoms with van der Waals surface area (Å²) in [6, 6.07) is 10.1. The maximum absolute atomic E-state index is 5.48. The van der Waals surface area contributed by atoms with Crippen LogP contribution in [0.25, 0.3) is 0 Å². The average Bonchev–Trinajstić information content (AvgIpc) is 3.03. The highest BCUT2D eigenvalue weighted by molar-refractivity contribution is 7.80. The highest BCUT2D eigenvalue weighted by atomic mass is 32.1. The Morgan fingerprint density at radius 2 is 1.90 bits per heavy atom. The quantitative estimate of drug-likeness (QED) is 0.862. The first kappa shape index (κ1) is 13.3. The topological polar surface area (TPSA) is 31.4 Å². The van der Waals surface area contributed by atoms with Crippen LogP contribution >= 0.6 is 23.6 Å². The van der Waals surface area contributed by atoms with Gasteiger partial charge in [-0.15, -0.1) is 11.3 Å². The van der Waals surface area contributed by atoms with Crippen LogP contribution in [0.2, 0.25) is 0 Å². The van der Waals surface area contributed by atoms with E-state index in [0.717, 1.165) is 42.1 Å². The first-order chi connectivity index (χ1) is 9.83. The number of aromatic nitrogens is 1. The second-order valence-electron chi connectivity index (χ2n) is 4.58. The number of nitrogens with zero attached hydrogens (tertiary/aromatic N) is 3. The van der Waals surface area contributed by atoms with Gasteiger partial charge in [-0.25, -0.2) is 4.98 Å². The summed E-state index contributed by atoms with van der Waals surface area (Å²) in [6.07, 6.45) is 1.86. The van der Waals surface area contributed by atoms with Gasteiger partial charge in [-0.3, -0.25) is 0 Å². The molecule has 3 rings (SSSR count). The number of hydrogen-bond donors (Lipinski definition) is 1. The smallest absolute Gasteiger partial charge is 0.185 e. The lowest BCUT2D eigenvalue weighted by Crippen LogP contribution is -2.50. The lowest BCUT2D eigenvalue weighted by Gasteiger charge is -2.36. The van der Waals surface area contributed by atoms with Gasteiger partial charge in [0, 0.05) is 43.4 Å². The fraction of sp³-hybridized carbons (Fsp3) is 0.286. The predicted octanol–water partition coefficient (Wildman–Crippen LogP) is 2.66. The van der Waals surface area contributed by atoms with E-state index in [0.29, 0.717) is 0 Å². The minimum Gasteiger partial charge on any atom is -0.345 e. The Bertz CT molecular complexity index is 548. The van der Waals surface area contributed by atoms with E-state index in [1.807, 2.05) is 41.9 Å². The summed E-state index contributed by atoms with van der Waals surface area (Å²) >= 11 is 7.17. The van der Waals surface area contributed by atoms with Crippen LogP contribution in [0.3, 0.4) is 0 Å². The van der Waals surface area contributed by atoms with Gasteiger partial charge in [-0.1, -0.05) is 18.2 Å². The van der Waals surface area contributed by atoms with Crippen LogP contribution < -0.4 is 10.2 Å². The molecule has 0 spiro atoms. The molecule has 0 saturated carbocycles. The van der Waals surface area contributed by atoms with Crippen LogP contribution in [0.1, 0.15) is 0 Å². The standard InChI is InChI=1S/C14H16N4S2/c19-13(16-12-4-2-1-3-5-12)17-7-9-18(10-8-17)14-15-6-11-20-14/h1-6,11H,7-10H2,(H,16,19). The van der Waals surface area contributed by atoms with Gasteiger partial charge in [0.05, 0.1) is 0 Å². The van der Waals surface area contributed by atoms with Crippen LogP contribution in [-0.2, 0) is 0 Å². The van der Waals surface area contributed by atoms with Crippen LogP contribution in [-0.4, -0.2) is 41.2 Å². The SMILES string of the molecule is S=C(Nc1ccccc1)N1CCN(c2nccs2)CC1. The van der Waals surface area contributed by atoms with Crippen LogP contribution in [0.15, 0.2) is 41.9 Å². The number of hydrogen-bond acceptors (Lipinski definition) is 4. The second kappa shape index (κ2) is 6.19. The van der Waals surface area contributed by atoms with Gasteiger partial charge in [0.15, 0.2) is 10.2 Å². The normalized spacial score (nSPS) is 15.2. The lowest BCUT2D eigenvalue weighted by molar-refractivity contribution is 0.390. The molecule has 2 heterocycles. The van der Waals surface area contributed by atoms with Gasteiger partial charge >= 0.3 is 0 Å². The molecule has 1 aliphatic heterocycles. The molecule has 1 aromatic heterocycles. The molecule has 6 heteroatoms. The monoisotopic (exact) mass is 304 g/mol. The van der Waals surface area contributed by atoms with E-state index in [4.69, 9.17) is 12.2 Å². The van der Waals surface area contributed by atoms with Crippen molar-refractivity contribution in [3.8, 4) is 0 Å². The minimum atomic E-state index is 0.801. The number of rotatable bonds is 2. The number of para-hydroxylation sites is 1. The largest absolute Gasteiger partial charge is 0.345 e. The molecule has 1 aromatic carbocycles. The van der Waals surface area contributed by atoms with E-state index in [9.17, 15) is 0 Å². The fourth-order valence-corrected chi connectivity index (χ4v) is 3.19. The Morgan fingerprint density at radius 1 is 1.15 bits per heavy atom. The van der Waals surface area contributed by atoms with Crippen molar-refractivity contribution >= 4 is 39.5 Å². The summed E-state index contributed by atoms with van der Waals surface area (Å²) in [7, 11) is 0. The van der Waals surface area contributed by atoms with Crippen molar-refractivity contribution in [1.82, 2.24) is 9.88 Å². The molecule has 1 aliphatic rings. The number of anilines is 2. The molecule has 1 N–H and O–H groups in total. The van der Waals surface area contributed by atoms with E-state index >= 15 is 0 Å². The molecule has 0 bridgehead atoms. The van der Waals surface area contributed by atoms with Gasteiger partial charge in [0.25, 0.3) is 0 Å². The zero-order valence-electron chi connectivity index (χ0n) is 11.0. The van der Waals surface area contributed by atoms with E-state index in [1.54, 1.807) is 11.3 Å². The van der Waals surface area contributed by atoms with Gasteiger partial charge in [0.2, 0.25) is 0 Å². The maximum atomic E-state index is 5.48. The molecule has 1 saturated heterocycles. The zero-order valence-corrected chi connectivity index (χ0v) is 12.7. The average molecular weight is 304 g/mol. The van der Waals surface area contributed by atoms with Crippen molar-refractivity contribution in [3.63, 3.8) is 0 Å². The third kappa shape index (κ3) is 3.08. The number of benzene rings is 1. The number of thiazole rings is 1. The molecular weight excluding hydrogens is 288 g/mol. The molecule has 0 unspecified atom stereocenters. The van der Waals surface area contributed by atoms with Gasteiger partial charge in [-0.2, -0.15) is 0 Å². The molecule has 0 atom stereocenters. The van der Waals surface area contributed by atoms with Crippen molar-refractivity contribution in [1.29, 1.82) is 0 Å². The summed E-state index contributed by atoms with van der Waals surface area (Å²) in [5, 5.41) is 7.21. The fourth-order valence-electron chi connectivity index (χ4n) is 2.20. The van der Waals surface area contributed by atoms with Gasteiger partial charge < -0.3 is 15.1 Å². The number of thiocarbonyl (C=S) groups is 1. The molecule has 104 valence electrons. The molecule has 1 fully saturated rings. The molecular formula is C14H16N4S2. The third-order valence-corrected chi connectivity index (χ3v) is 4.47. The second-order valence-corrected chi connectivity index (χ2v) is 5.84. The summed E-state index contributed by atoms with van der Waals surface area (Å²) < 4.78 is 0. The molecule has 4 nitrogen and oxygen atoms in total. The van der Waals surface area contributed by atoms with Crippen molar-refractivity contribution < 1.29 is 0 Å². The molecule has 0 aliphatic carbocycles. The Hall–Kier alpha value is -1.66. The van der Waals surface area contributed by atoms with Crippen LogP contribution in [0.5, 0.6) is 0 Å². The highest BCUT2D eigenvalue weighted by Crippen LogP contribution is 2.19. The van der Waals surface area contributed by atoms with Crippen molar-refractivity contribution in [2.24, 2.45) is 0 Å². The van der Waals surface area contributed by atoms with E-state index in [2.05, 4.69) is 20.1 Å². The Morgan fingerprint density at radius 3 is 2.55 bits per heavy atom. The third-order valence-electron chi connectivity index (χ3n) is 3.28. The first-order valence-corrected chi connectivity index (χ1v) is 7.87. The number of nitrogens with one attached hydrogen (secondary N) is 1. The van der Waals surface area contributed by atoms with Crippen LogP contribution in [0, 0.1) is 0 Å². The summed E-state index contributed by atoms with van der Waals surface area (Å²) in [5.74, 6) is 0. The maximum Gasteiger partial charge on any atom is 0.185 e. The Labute approximate surface area is 128 Å². The Kier molecular flexibility index (Phi) is 4.13. The predicted molar refractivity (Wildman–Crippen MR) is 88.6 cm³/mol. The summed E-state index contributed by atoms with van der Waals surface area (Å²) in [4.78, 5) is 8.88. The minimum absolute atomic E-state index is 0.801. The van der Waals surface area contributed by atoms with E-state index in [1.165, 1.54) is 0 Å². The molecule has 20 heavy (non-hydrogen) atoms. The summed E-state index contributed by atoms with van der Waals surface area (Å²) in [6.45, 7) is 3.78. The zero-order chi connectivity index (χ0) is 13.8. The number of piperazine rings is 1. The van der Waals surface area contributed by atoms with E-state index in [-0.39, 0.29) is 0 Å². The molecule has 0 radical (unpaired) electrons. The van der Waals surface area contributed by atoms with Crippen molar-refractivity contribution in [2.75, 3.05) is 36.4 Å². The first-order valence-electron chi connectivity index (χ1n) is 6.58. The molecule has 0 amide bonds. The highest BCUT2D eigenvalue weighted by Gasteiger charge is 2.20. The van der Waals surface area contributed by atoms with Gasteiger partial charge in [-0.05, 0) is 24.4 Å². The van der Waals surface area contributed by atoms with E-state index < -0.39 is 0 Å². The lowest BCUT2D eigenvalue weighted by atomic mass is 10.3. The van der Waals surface area contributed by atoms with Crippen molar-refractivity contribution in [3.05, 3.63) is 41.9 Å².